The summed E-state index contributed by atoms with van der Waals surface area (Å²) >= 11 is 0. The zero-order chi connectivity index (χ0) is 19.7. The largest absolute Gasteiger partial charge is 0.380 e. The van der Waals surface area contributed by atoms with Crippen molar-refractivity contribution in [2.45, 2.75) is 39.9 Å². The highest BCUT2D eigenvalue weighted by Gasteiger charge is 2.37. The molecule has 0 aromatic heterocycles. The van der Waals surface area contributed by atoms with Crippen LogP contribution in [-0.4, -0.2) is 53.2 Å². The van der Waals surface area contributed by atoms with E-state index in [4.69, 9.17) is 28.4 Å². The first-order valence-corrected chi connectivity index (χ1v) is 10.2. The van der Waals surface area contributed by atoms with Crippen molar-refractivity contribution in [1.82, 2.24) is 0 Å². The molecule has 158 valence electrons. The van der Waals surface area contributed by atoms with Gasteiger partial charge in [-0.2, -0.15) is 0 Å². The molecule has 2 fully saturated rings. The van der Waals surface area contributed by atoms with Crippen LogP contribution < -0.4 is 0 Å². The summed E-state index contributed by atoms with van der Waals surface area (Å²) in [5.74, 6) is 0. The molecular formula is C22H34O6. The maximum absolute atomic E-state index is 5.65. The molecule has 0 unspecified atom stereocenters. The van der Waals surface area contributed by atoms with E-state index in [-0.39, 0.29) is 10.8 Å². The molecule has 0 spiro atoms. The van der Waals surface area contributed by atoms with E-state index in [0.717, 1.165) is 50.4 Å². The van der Waals surface area contributed by atoms with E-state index in [2.05, 4.69) is 38.1 Å². The van der Waals surface area contributed by atoms with Crippen LogP contribution in [0.25, 0.3) is 0 Å². The summed E-state index contributed by atoms with van der Waals surface area (Å²) in [7, 11) is 0. The Kier molecular flexibility index (Phi) is 8.26. The van der Waals surface area contributed by atoms with Gasteiger partial charge in [0.25, 0.3) is 0 Å². The second-order valence-electron chi connectivity index (χ2n) is 8.14. The summed E-state index contributed by atoms with van der Waals surface area (Å²) in [5.41, 5.74) is 2.65. The minimum Gasteiger partial charge on any atom is -0.380 e. The molecule has 1 aromatic rings. The first-order valence-electron chi connectivity index (χ1n) is 10.2. The molecule has 3 rings (SSSR count). The SMILES string of the molecule is CCC1(COCOCc2ccc(COCOCC3(CC)COC3)cc2)COC1. The normalized spacial score (nSPS) is 19.8. The van der Waals surface area contributed by atoms with Crippen molar-refractivity contribution in [3.05, 3.63) is 35.4 Å². The Morgan fingerprint density at radius 1 is 0.679 bits per heavy atom. The molecule has 0 bridgehead atoms. The van der Waals surface area contributed by atoms with Gasteiger partial charge in [-0.15, -0.1) is 0 Å². The summed E-state index contributed by atoms with van der Waals surface area (Å²) in [4.78, 5) is 0. The van der Waals surface area contributed by atoms with E-state index in [1.165, 1.54) is 0 Å². The molecule has 0 amide bonds. The van der Waals surface area contributed by atoms with E-state index >= 15 is 0 Å². The van der Waals surface area contributed by atoms with Gasteiger partial charge in [0.1, 0.15) is 13.6 Å². The van der Waals surface area contributed by atoms with Crippen LogP contribution in [0.3, 0.4) is 0 Å². The summed E-state index contributed by atoms with van der Waals surface area (Å²) in [6.07, 6.45) is 2.16. The van der Waals surface area contributed by atoms with Crippen molar-refractivity contribution in [2.75, 3.05) is 53.2 Å². The predicted octanol–water partition coefficient (Wildman–Crippen LogP) is 3.52. The van der Waals surface area contributed by atoms with Crippen LogP contribution in [0, 0.1) is 10.8 Å². The Morgan fingerprint density at radius 2 is 1.07 bits per heavy atom. The summed E-state index contributed by atoms with van der Waals surface area (Å²) in [6, 6.07) is 8.24. The lowest BCUT2D eigenvalue weighted by Gasteiger charge is -2.40. The van der Waals surface area contributed by atoms with Gasteiger partial charge in [-0.05, 0) is 24.0 Å². The molecule has 2 aliphatic heterocycles. The Morgan fingerprint density at radius 3 is 1.36 bits per heavy atom. The fraction of sp³-hybridized carbons (Fsp3) is 0.727. The van der Waals surface area contributed by atoms with Crippen LogP contribution in [0.4, 0.5) is 0 Å². The predicted molar refractivity (Wildman–Crippen MR) is 105 cm³/mol. The summed E-state index contributed by atoms with van der Waals surface area (Å²) in [6.45, 7) is 10.7. The first-order chi connectivity index (χ1) is 13.7. The van der Waals surface area contributed by atoms with E-state index in [9.17, 15) is 0 Å². The van der Waals surface area contributed by atoms with Crippen molar-refractivity contribution >= 4 is 0 Å². The van der Waals surface area contributed by atoms with Crippen LogP contribution in [0.2, 0.25) is 0 Å². The second-order valence-corrected chi connectivity index (χ2v) is 8.14. The Hall–Kier alpha value is -1.02. The second kappa shape index (κ2) is 10.7. The maximum atomic E-state index is 5.65. The van der Waals surface area contributed by atoms with Gasteiger partial charge in [0.05, 0.1) is 52.9 Å². The van der Waals surface area contributed by atoms with Gasteiger partial charge in [0.2, 0.25) is 0 Å². The van der Waals surface area contributed by atoms with Crippen molar-refractivity contribution in [1.29, 1.82) is 0 Å². The van der Waals surface area contributed by atoms with Crippen molar-refractivity contribution in [3.8, 4) is 0 Å². The van der Waals surface area contributed by atoms with Gasteiger partial charge in [-0.1, -0.05) is 38.1 Å². The number of hydrogen-bond donors (Lipinski definition) is 0. The van der Waals surface area contributed by atoms with Crippen LogP contribution >= 0.6 is 0 Å². The molecule has 2 aliphatic rings. The van der Waals surface area contributed by atoms with Crippen LogP contribution in [0.15, 0.2) is 24.3 Å². The third kappa shape index (κ3) is 5.99. The standard InChI is InChI=1S/C22H34O6/c1-3-21(11-25-12-21)15-27-17-23-9-19-5-7-20(8-6-19)10-24-18-28-16-22(4-2)13-26-14-22/h5-8H,3-4,9-18H2,1-2H3. The number of ether oxygens (including phenoxy) is 6. The van der Waals surface area contributed by atoms with Crippen LogP contribution in [-0.2, 0) is 41.6 Å². The van der Waals surface area contributed by atoms with Crippen LogP contribution in [0.1, 0.15) is 37.8 Å². The fourth-order valence-corrected chi connectivity index (χ4v) is 3.25. The molecule has 2 saturated heterocycles. The van der Waals surface area contributed by atoms with Crippen molar-refractivity contribution in [2.24, 2.45) is 10.8 Å². The molecule has 0 radical (unpaired) electrons. The third-order valence-electron chi connectivity index (χ3n) is 5.84. The zero-order valence-corrected chi connectivity index (χ0v) is 17.2. The summed E-state index contributed by atoms with van der Waals surface area (Å²) < 4.78 is 33.1. The lowest BCUT2D eigenvalue weighted by molar-refractivity contribution is -0.174. The Bertz CT molecular complexity index is 503. The van der Waals surface area contributed by atoms with Crippen LogP contribution in [0.5, 0.6) is 0 Å². The molecule has 6 nitrogen and oxygen atoms in total. The molecule has 0 aliphatic carbocycles. The third-order valence-corrected chi connectivity index (χ3v) is 5.84. The van der Waals surface area contributed by atoms with Gasteiger partial charge in [-0.25, -0.2) is 0 Å². The lowest BCUT2D eigenvalue weighted by Crippen LogP contribution is -2.45. The van der Waals surface area contributed by atoms with Gasteiger partial charge < -0.3 is 28.4 Å². The monoisotopic (exact) mass is 394 g/mol. The maximum Gasteiger partial charge on any atom is 0.147 e. The molecule has 0 N–H and O–H groups in total. The van der Waals surface area contributed by atoms with Gasteiger partial charge >= 0.3 is 0 Å². The minimum absolute atomic E-state index is 0.206. The smallest absolute Gasteiger partial charge is 0.147 e. The lowest BCUT2D eigenvalue weighted by atomic mass is 9.84. The first kappa shape index (κ1) is 21.7. The fourth-order valence-electron chi connectivity index (χ4n) is 3.25. The highest BCUT2D eigenvalue weighted by atomic mass is 16.7. The Labute approximate surface area is 168 Å². The highest BCUT2D eigenvalue weighted by Crippen LogP contribution is 2.32. The van der Waals surface area contributed by atoms with E-state index < -0.39 is 0 Å². The van der Waals surface area contributed by atoms with Gasteiger partial charge in [-0.3, -0.25) is 0 Å². The van der Waals surface area contributed by atoms with E-state index in [0.29, 0.717) is 40.0 Å². The number of benzene rings is 1. The summed E-state index contributed by atoms with van der Waals surface area (Å²) in [5, 5.41) is 0. The molecule has 2 heterocycles. The average Bonchev–Trinajstić information content (AvgIpc) is 2.66. The molecule has 1 aromatic carbocycles. The molecule has 6 heteroatoms. The van der Waals surface area contributed by atoms with Gasteiger partial charge in [0, 0.05) is 10.8 Å². The Balaban J connectivity index is 1.23. The van der Waals surface area contributed by atoms with E-state index in [1.807, 2.05) is 0 Å². The van der Waals surface area contributed by atoms with Crippen molar-refractivity contribution in [3.63, 3.8) is 0 Å². The quantitative estimate of drug-likeness (QED) is 0.355. The topological polar surface area (TPSA) is 55.4 Å². The molecular weight excluding hydrogens is 360 g/mol. The zero-order valence-electron chi connectivity index (χ0n) is 17.2. The average molecular weight is 395 g/mol. The molecule has 0 atom stereocenters. The number of hydrogen-bond acceptors (Lipinski definition) is 6. The number of rotatable bonds is 14. The molecule has 28 heavy (non-hydrogen) atoms. The van der Waals surface area contributed by atoms with Gasteiger partial charge in [0.15, 0.2) is 0 Å². The minimum atomic E-state index is 0.206. The molecule has 0 saturated carbocycles. The van der Waals surface area contributed by atoms with E-state index in [1.54, 1.807) is 0 Å². The van der Waals surface area contributed by atoms with Crippen molar-refractivity contribution < 1.29 is 28.4 Å². The highest BCUT2D eigenvalue weighted by molar-refractivity contribution is 5.21.